The molecule has 0 saturated carbocycles. The molecule has 0 amide bonds. The standard InChI is InChI=1S/C9H7F4NO/c1-4(15)8-6(9(11,12)13)2-5(10)3-7(8)14/h2-3H,14H2,1H3. The van der Waals surface area contributed by atoms with Crippen molar-refractivity contribution in [2.45, 2.75) is 13.1 Å². The highest BCUT2D eigenvalue weighted by atomic mass is 19.4. The van der Waals surface area contributed by atoms with Crippen molar-refractivity contribution in [3.05, 3.63) is 29.1 Å². The van der Waals surface area contributed by atoms with Gasteiger partial charge in [0.2, 0.25) is 0 Å². The number of nitrogen functional groups attached to an aromatic ring is 1. The fourth-order valence-corrected chi connectivity index (χ4v) is 1.24. The van der Waals surface area contributed by atoms with Gasteiger partial charge in [-0.15, -0.1) is 0 Å². The van der Waals surface area contributed by atoms with Crippen LogP contribution in [0.1, 0.15) is 22.8 Å². The summed E-state index contributed by atoms with van der Waals surface area (Å²) in [6, 6.07) is 0.944. The molecule has 0 aliphatic carbocycles. The summed E-state index contributed by atoms with van der Waals surface area (Å²) in [5.41, 5.74) is 2.62. The number of carbonyl (C=O) groups excluding carboxylic acids is 1. The Bertz CT molecular complexity index is 411. The van der Waals surface area contributed by atoms with Gasteiger partial charge in [-0.05, 0) is 19.1 Å². The summed E-state index contributed by atoms with van der Waals surface area (Å²) in [7, 11) is 0. The normalized spacial score (nSPS) is 11.5. The van der Waals surface area contributed by atoms with Crippen LogP contribution >= 0.6 is 0 Å². The van der Waals surface area contributed by atoms with Gasteiger partial charge >= 0.3 is 6.18 Å². The van der Waals surface area contributed by atoms with Crippen LogP contribution in [0.4, 0.5) is 23.2 Å². The molecule has 2 N–H and O–H groups in total. The summed E-state index contributed by atoms with van der Waals surface area (Å²) >= 11 is 0. The second kappa shape index (κ2) is 3.52. The van der Waals surface area contributed by atoms with Crippen molar-refractivity contribution in [2.24, 2.45) is 0 Å². The fourth-order valence-electron chi connectivity index (χ4n) is 1.24. The topological polar surface area (TPSA) is 43.1 Å². The van der Waals surface area contributed by atoms with E-state index in [4.69, 9.17) is 5.73 Å². The molecule has 0 saturated heterocycles. The Morgan fingerprint density at radius 2 is 1.87 bits per heavy atom. The van der Waals surface area contributed by atoms with E-state index in [0.29, 0.717) is 6.07 Å². The van der Waals surface area contributed by atoms with Crippen LogP contribution < -0.4 is 5.73 Å². The van der Waals surface area contributed by atoms with E-state index < -0.39 is 34.6 Å². The predicted molar refractivity (Wildman–Crippen MR) is 45.8 cm³/mol. The molecule has 1 rings (SSSR count). The number of Topliss-reactive ketones (excluding diaryl/α,β-unsaturated/α-hetero) is 1. The van der Waals surface area contributed by atoms with Crippen LogP contribution in [0.5, 0.6) is 0 Å². The quantitative estimate of drug-likeness (QED) is 0.450. The van der Waals surface area contributed by atoms with E-state index in [0.717, 1.165) is 6.92 Å². The van der Waals surface area contributed by atoms with E-state index in [-0.39, 0.29) is 6.07 Å². The highest BCUT2D eigenvalue weighted by Crippen LogP contribution is 2.35. The zero-order valence-electron chi connectivity index (χ0n) is 7.65. The summed E-state index contributed by atoms with van der Waals surface area (Å²) in [6.45, 7) is 0.943. The van der Waals surface area contributed by atoms with Crippen LogP contribution in [-0.4, -0.2) is 5.78 Å². The minimum absolute atomic E-state index is 0.257. The highest BCUT2D eigenvalue weighted by molar-refractivity contribution is 6.00. The molecule has 0 heterocycles. The van der Waals surface area contributed by atoms with Crippen LogP contribution in [0.25, 0.3) is 0 Å². The van der Waals surface area contributed by atoms with E-state index in [2.05, 4.69) is 0 Å². The highest BCUT2D eigenvalue weighted by Gasteiger charge is 2.36. The third-order valence-corrected chi connectivity index (χ3v) is 1.79. The number of rotatable bonds is 1. The lowest BCUT2D eigenvalue weighted by Gasteiger charge is -2.12. The maximum Gasteiger partial charge on any atom is 0.417 e. The first-order valence-corrected chi connectivity index (χ1v) is 3.90. The molecular formula is C9H7F4NO. The van der Waals surface area contributed by atoms with E-state index >= 15 is 0 Å². The third kappa shape index (κ3) is 2.26. The number of carbonyl (C=O) groups is 1. The Morgan fingerprint density at radius 3 is 2.27 bits per heavy atom. The van der Waals surface area contributed by atoms with Crippen LogP contribution in [0.15, 0.2) is 12.1 Å². The monoisotopic (exact) mass is 221 g/mol. The first-order chi connectivity index (χ1) is 6.73. The van der Waals surface area contributed by atoms with E-state index in [9.17, 15) is 22.4 Å². The number of hydrogen-bond acceptors (Lipinski definition) is 2. The van der Waals surface area contributed by atoms with Gasteiger partial charge in [-0.25, -0.2) is 4.39 Å². The number of benzene rings is 1. The van der Waals surface area contributed by atoms with Crippen molar-refractivity contribution < 1.29 is 22.4 Å². The van der Waals surface area contributed by atoms with E-state index in [1.165, 1.54) is 0 Å². The van der Waals surface area contributed by atoms with Gasteiger partial charge in [-0.2, -0.15) is 13.2 Å². The number of anilines is 1. The van der Waals surface area contributed by atoms with Gasteiger partial charge in [-0.3, -0.25) is 4.79 Å². The molecule has 1 aromatic carbocycles. The molecule has 0 aliphatic heterocycles. The zero-order valence-corrected chi connectivity index (χ0v) is 7.65. The predicted octanol–water partition coefficient (Wildman–Crippen LogP) is 2.63. The second-order valence-corrected chi connectivity index (χ2v) is 2.97. The van der Waals surface area contributed by atoms with Gasteiger partial charge in [0, 0.05) is 5.69 Å². The van der Waals surface area contributed by atoms with Crippen LogP contribution in [0.3, 0.4) is 0 Å². The van der Waals surface area contributed by atoms with Crippen molar-refractivity contribution >= 4 is 11.5 Å². The summed E-state index contributed by atoms with van der Waals surface area (Å²) in [4.78, 5) is 10.9. The molecule has 0 aliphatic rings. The fraction of sp³-hybridized carbons (Fsp3) is 0.222. The number of halogens is 4. The second-order valence-electron chi connectivity index (χ2n) is 2.97. The van der Waals surface area contributed by atoms with Crippen molar-refractivity contribution in [3.8, 4) is 0 Å². The smallest absolute Gasteiger partial charge is 0.398 e. The molecule has 82 valence electrons. The Kier molecular flexibility index (Phi) is 2.70. The van der Waals surface area contributed by atoms with Gasteiger partial charge in [0.25, 0.3) is 0 Å². The molecule has 6 heteroatoms. The zero-order chi connectivity index (χ0) is 11.8. The molecular weight excluding hydrogens is 214 g/mol. The number of ketones is 1. The summed E-state index contributed by atoms with van der Waals surface area (Å²) in [5.74, 6) is -1.97. The molecule has 0 fully saturated rings. The van der Waals surface area contributed by atoms with Crippen molar-refractivity contribution in [3.63, 3.8) is 0 Å². The van der Waals surface area contributed by atoms with Gasteiger partial charge in [0.15, 0.2) is 5.78 Å². The first-order valence-electron chi connectivity index (χ1n) is 3.90. The molecule has 0 unspecified atom stereocenters. The molecule has 1 aromatic rings. The Morgan fingerprint density at radius 1 is 1.33 bits per heavy atom. The maximum absolute atomic E-state index is 12.7. The van der Waals surface area contributed by atoms with Crippen molar-refractivity contribution in [1.82, 2.24) is 0 Å². The lowest BCUT2D eigenvalue weighted by Crippen LogP contribution is -2.14. The molecule has 15 heavy (non-hydrogen) atoms. The Balaban J connectivity index is 3.54. The largest absolute Gasteiger partial charge is 0.417 e. The Hall–Kier alpha value is -1.59. The molecule has 0 radical (unpaired) electrons. The third-order valence-electron chi connectivity index (χ3n) is 1.79. The summed E-state index contributed by atoms with van der Waals surface area (Å²) in [5, 5.41) is 0. The number of alkyl halides is 3. The van der Waals surface area contributed by atoms with Gasteiger partial charge in [0.05, 0.1) is 11.1 Å². The number of nitrogens with two attached hydrogens (primary N) is 1. The number of hydrogen-bond donors (Lipinski definition) is 1. The van der Waals surface area contributed by atoms with Crippen molar-refractivity contribution in [2.75, 3.05) is 5.73 Å². The van der Waals surface area contributed by atoms with E-state index in [1.807, 2.05) is 0 Å². The van der Waals surface area contributed by atoms with Gasteiger partial charge in [-0.1, -0.05) is 0 Å². The van der Waals surface area contributed by atoms with Gasteiger partial charge < -0.3 is 5.73 Å². The minimum Gasteiger partial charge on any atom is -0.398 e. The minimum atomic E-state index is -4.79. The van der Waals surface area contributed by atoms with Crippen molar-refractivity contribution in [1.29, 1.82) is 0 Å². The average molecular weight is 221 g/mol. The van der Waals surface area contributed by atoms with Crippen LogP contribution in [0, 0.1) is 5.82 Å². The molecule has 2 nitrogen and oxygen atoms in total. The molecule has 0 spiro atoms. The van der Waals surface area contributed by atoms with Crippen LogP contribution in [-0.2, 0) is 6.18 Å². The molecule has 0 atom stereocenters. The molecule has 0 bridgehead atoms. The SMILES string of the molecule is CC(=O)c1c(N)cc(F)cc1C(F)(F)F. The molecule has 0 aromatic heterocycles. The summed E-state index contributed by atoms with van der Waals surface area (Å²) in [6.07, 6.45) is -4.79. The van der Waals surface area contributed by atoms with E-state index in [1.54, 1.807) is 0 Å². The lowest BCUT2D eigenvalue weighted by atomic mass is 10.0. The average Bonchev–Trinajstić information content (AvgIpc) is 1.99. The maximum atomic E-state index is 12.7. The lowest BCUT2D eigenvalue weighted by molar-refractivity contribution is -0.138. The summed E-state index contributed by atoms with van der Waals surface area (Å²) < 4.78 is 49.9. The van der Waals surface area contributed by atoms with Crippen LogP contribution in [0.2, 0.25) is 0 Å². The Labute approximate surface area is 82.7 Å². The van der Waals surface area contributed by atoms with Gasteiger partial charge in [0.1, 0.15) is 5.82 Å². The first kappa shape index (κ1) is 11.5.